The summed E-state index contributed by atoms with van der Waals surface area (Å²) in [7, 11) is 0. The summed E-state index contributed by atoms with van der Waals surface area (Å²) in [6, 6.07) is 3.80. The highest BCUT2D eigenvalue weighted by Crippen LogP contribution is 2.15. The van der Waals surface area contributed by atoms with Crippen molar-refractivity contribution in [2.45, 2.75) is 26.3 Å². The molecule has 1 aliphatic rings. The quantitative estimate of drug-likeness (QED) is 0.660. The van der Waals surface area contributed by atoms with Gasteiger partial charge in [0.1, 0.15) is 0 Å². The first-order valence-corrected chi connectivity index (χ1v) is 7.06. The van der Waals surface area contributed by atoms with E-state index in [0.717, 1.165) is 24.4 Å². The van der Waals surface area contributed by atoms with Crippen molar-refractivity contribution in [3.05, 3.63) is 30.2 Å². The summed E-state index contributed by atoms with van der Waals surface area (Å²) < 4.78 is 1.80. The van der Waals surface area contributed by atoms with Gasteiger partial charge in [0.15, 0.2) is 11.6 Å². The molecule has 6 heteroatoms. The smallest absolute Gasteiger partial charge is 0.191 e. The molecule has 0 aromatic carbocycles. The number of fused-ring (bicyclic) bond motifs is 1. The lowest BCUT2D eigenvalue weighted by atomic mass is 10.0. The maximum absolute atomic E-state index is 6.11. The van der Waals surface area contributed by atoms with Crippen LogP contribution in [-0.4, -0.2) is 38.5 Å². The summed E-state index contributed by atoms with van der Waals surface area (Å²) in [5.41, 5.74) is 7.94. The fourth-order valence-corrected chi connectivity index (χ4v) is 2.66. The third kappa shape index (κ3) is 2.59. The lowest BCUT2D eigenvalue weighted by Crippen LogP contribution is -2.43. The van der Waals surface area contributed by atoms with Crippen molar-refractivity contribution < 1.29 is 0 Å². The molecule has 3 heterocycles. The summed E-state index contributed by atoms with van der Waals surface area (Å²) >= 11 is 0. The minimum absolute atomic E-state index is 0.525. The Morgan fingerprint density at radius 1 is 1.45 bits per heavy atom. The van der Waals surface area contributed by atoms with E-state index < -0.39 is 0 Å². The van der Waals surface area contributed by atoms with Crippen molar-refractivity contribution in [1.82, 2.24) is 19.5 Å². The SMILES string of the molecule is CC1CCCN(C(N)=NCc2ccnc3ccnn23)C1. The van der Waals surface area contributed by atoms with Crippen LogP contribution in [0.4, 0.5) is 0 Å². The third-order valence-corrected chi connectivity index (χ3v) is 3.75. The van der Waals surface area contributed by atoms with Gasteiger partial charge in [-0.15, -0.1) is 0 Å². The van der Waals surface area contributed by atoms with Crippen molar-refractivity contribution in [2.24, 2.45) is 16.6 Å². The molecule has 2 aromatic rings. The molecule has 106 valence electrons. The Morgan fingerprint density at radius 2 is 2.35 bits per heavy atom. The molecule has 1 fully saturated rings. The summed E-state index contributed by atoms with van der Waals surface area (Å²) in [6.07, 6.45) is 5.99. The molecule has 1 unspecified atom stereocenters. The fraction of sp³-hybridized carbons (Fsp3) is 0.500. The predicted molar refractivity (Wildman–Crippen MR) is 78.3 cm³/mol. The van der Waals surface area contributed by atoms with Gasteiger partial charge in [0.05, 0.1) is 18.4 Å². The second-order valence-electron chi connectivity index (χ2n) is 5.41. The monoisotopic (exact) mass is 272 g/mol. The highest BCUT2D eigenvalue weighted by Gasteiger charge is 2.17. The highest BCUT2D eigenvalue weighted by molar-refractivity contribution is 5.78. The van der Waals surface area contributed by atoms with Gasteiger partial charge in [-0.1, -0.05) is 6.92 Å². The second kappa shape index (κ2) is 5.48. The number of nitrogens with zero attached hydrogens (tertiary/aromatic N) is 5. The Bertz CT molecular complexity index is 617. The first-order valence-electron chi connectivity index (χ1n) is 7.06. The minimum Gasteiger partial charge on any atom is -0.370 e. The minimum atomic E-state index is 0.525. The number of hydrogen-bond acceptors (Lipinski definition) is 3. The van der Waals surface area contributed by atoms with Crippen molar-refractivity contribution >= 4 is 11.6 Å². The van der Waals surface area contributed by atoms with E-state index in [1.165, 1.54) is 12.8 Å². The number of likely N-dealkylation sites (tertiary alicyclic amines) is 1. The van der Waals surface area contributed by atoms with Gasteiger partial charge >= 0.3 is 0 Å². The highest BCUT2D eigenvalue weighted by atomic mass is 15.3. The first kappa shape index (κ1) is 12.9. The average Bonchev–Trinajstić information content (AvgIpc) is 2.93. The van der Waals surface area contributed by atoms with Gasteiger partial charge < -0.3 is 10.6 Å². The Balaban J connectivity index is 1.74. The molecule has 0 amide bonds. The molecular formula is C14H20N6. The standard InChI is InChI=1S/C14H20N6/c1-11-3-2-8-19(10-11)14(15)17-9-12-4-6-16-13-5-7-18-20(12)13/h4-7,11H,2-3,8-10H2,1H3,(H2,15,17). The zero-order valence-corrected chi connectivity index (χ0v) is 11.7. The van der Waals surface area contributed by atoms with Crippen LogP contribution in [0.25, 0.3) is 5.65 Å². The van der Waals surface area contributed by atoms with E-state index in [-0.39, 0.29) is 0 Å². The maximum Gasteiger partial charge on any atom is 0.191 e. The summed E-state index contributed by atoms with van der Waals surface area (Å²) in [5, 5.41) is 4.25. The molecule has 0 saturated carbocycles. The summed E-state index contributed by atoms with van der Waals surface area (Å²) in [6.45, 7) is 4.79. The zero-order valence-electron chi connectivity index (χ0n) is 11.7. The Morgan fingerprint density at radius 3 is 3.20 bits per heavy atom. The lowest BCUT2D eigenvalue weighted by molar-refractivity contribution is 0.270. The van der Waals surface area contributed by atoms with Crippen molar-refractivity contribution in [2.75, 3.05) is 13.1 Å². The Hall–Kier alpha value is -2.11. The number of aliphatic imine (C=N–C) groups is 1. The van der Waals surface area contributed by atoms with Crippen molar-refractivity contribution in [1.29, 1.82) is 0 Å². The topological polar surface area (TPSA) is 71.8 Å². The van der Waals surface area contributed by atoms with Crippen molar-refractivity contribution in [3.63, 3.8) is 0 Å². The van der Waals surface area contributed by atoms with Crippen LogP contribution in [0.15, 0.2) is 29.5 Å². The van der Waals surface area contributed by atoms with Gasteiger partial charge in [0.2, 0.25) is 0 Å². The average molecular weight is 272 g/mol. The molecule has 0 aliphatic carbocycles. The van der Waals surface area contributed by atoms with Gasteiger partial charge in [-0.2, -0.15) is 5.10 Å². The van der Waals surface area contributed by atoms with E-state index in [0.29, 0.717) is 18.4 Å². The molecule has 3 rings (SSSR count). The van der Waals surface area contributed by atoms with Gasteiger partial charge in [0, 0.05) is 25.4 Å². The second-order valence-corrected chi connectivity index (χ2v) is 5.41. The molecule has 1 atom stereocenters. The first-order chi connectivity index (χ1) is 9.74. The van der Waals surface area contributed by atoms with E-state index >= 15 is 0 Å². The van der Waals surface area contributed by atoms with Crippen LogP contribution in [0.3, 0.4) is 0 Å². The van der Waals surface area contributed by atoms with Gasteiger partial charge in [-0.05, 0) is 24.8 Å². The van der Waals surface area contributed by atoms with Gasteiger partial charge in [-0.3, -0.25) is 0 Å². The van der Waals surface area contributed by atoms with Gasteiger partial charge in [0.25, 0.3) is 0 Å². The number of rotatable bonds is 2. The molecule has 0 spiro atoms. The molecule has 0 radical (unpaired) electrons. The molecular weight excluding hydrogens is 252 g/mol. The molecule has 6 nitrogen and oxygen atoms in total. The third-order valence-electron chi connectivity index (χ3n) is 3.75. The zero-order chi connectivity index (χ0) is 13.9. The fourth-order valence-electron chi connectivity index (χ4n) is 2.66. The Labute approximate surface area is 118 Å². The molecule has 1 aliphatic heterocycles. The normalized spacial score (nSPS) is 20.6. The summed E-state index contributed by atoms with van der Waals surface area (Å²) in [4.78, 5) is 10.9. The largest absolute Gasteiger partial charge is 0.370 e. The van der Waals surface area contributed by atoms with E-state index in [1.54, 1.807) is 16.9 Å². The molecule has 2 N–H and O–H groups in total. The number of hydrogen-bond donors (Lipinski definition) is 1. The van der Waals surface area contributed by atoms with Crippen LogP contribution in [0.1, 0.15) is 25.5 Å². The maximum atomic E-state index is 6.11. The number of nitrogens with two attached hydrogens (primary N) is 1. The van der Waals surface area contributed by atoms with E-state index in [4.69, 9.17) is 5.73 Å². The lowest BCUT2D eigenvalue weighted by Gasteiger charge is -2.31. The van der Waals surface area contributed by atoms with Crippen LogP contribution >= 0.6 is 0 Å². The van der Waals surface area contributed by atoms with Gasteiger partial charge in [-0.25, -0.2) is 14.5 Å². The number of guanidine groups is 1. The number of aromatic nitrogens is 3. The number of piperidine rings is 1. The van der Waals surface area contributed by atoms with Crippen LogP contribution < -0.4 is 5.73 Å². The van der Waals surface area contributed by atoms with Crippen LogP contribution in [0.2, 0.25) is 0 Å². The van der Waals surface area contributed by atoms with E-state index in [9.17, 15) is 0 Å². The van der Waals surface area contributed by atoms with Crippen LogP contribution in [0, 0.1) is 5.92 Å². The van der Waals surface area contributed by atoms with Crippen LogP contribution in [-0.2, 0) is 6.54 Å². The molecule has 1 saturated heterocycles. The van der Waals surface area contributed by atoms with Crippen molar-refractivity contribution in [3.8, 4) is 0 Å². The predicted octanol–water partition coefficient (Wildman–Crippen LogP) is 1.28. The summed E-state index contributed by atoms with van der Waals surface area (Å²) in [5.74, 6) is 1.32. The molecule has 2 aromatic heterocycles. The Kier molecular flexibility index (Phi) is 3.54. The molecule has 20 heavy (non-hydrogen) atoms. The van der Waals surface area contributed by atoms with E-state index in [1.807, 2.05) is 12.1 Å². The molecule has 0 bridgehead atoms. The van der Waals surface area contributed by atoms with Crippen LogP contribution in [0.5, 0.6) is 0 Å². The van der Waals surface area contributed by atoms with E-state index in [2.05, 4.69) is 26.9 Å².